The predicted molar refractivity (Wildman–Crippen MR) is 120 cm³/mol. The SMILES string of the molecule is Cc1cccc(F)c1N1NC2C(CC1=O)NNC2c1ccc(OCC2CNCCN2)cc1. The molecule has 170 valence electrons. The number of ether oxygens (including phenoxy) is 1. The van der Waals surface area contributed by atoms with Crippen molar-refractivity contribution in [1.82, 2.24) is 26.9 Å². The minimum Gasteiger partial charge on any atom is -0.492 e. The molecule has 3 aliphatic rings. The van der Waals surface area contributed by atoms with Crippen molar-refractivity contribution in [2.75, 3.05) is 31.3 Å². The van der Waals surface area contributed by atoms with E-state index in [0.29, 0.717) is 18.2 Å². The van der Waals surface area contributed by atoms with Gasteiger partial charge in [0.25, 0.3) is 0 Å². The molecule has 0 saturated carbocycles. The lowest BCUT2D eigenvalue weighted by molar-refractivity contribution is -0.121. The maximum Gasteiger partial charge on any atom is 0.243 e. The van der Waals surface area contributed by atoms with E-state index in [9.17, 15) is 9.18 Å². The lowest BCUT2D eigenvalue weighted by Crippen LogP contribution is -2.60. The Morgan fingerprint density at radius 2 is 1.97 bits per heavy atom. The second-order valence-electron chi connectivity index (χ2n) is 8.60. The van der Waals surface area contributed by atoms with Crippen LogP contribution in [0, 0.1) is 12.7 Å². The Morgan fingerprint density at radius 3 is 2.72 bits per heavy atom. The molecule has 3 fully saturated rings. The maximum atomic E-state index is 14.5. The molecular weight excluding hydrogens is 411 g/mol. The first-order valence-corrected chi connectivity index (χ1v) is 11.1. The van der Waals surface area contributed by atoms with Crippen LogP contribution in [0.1, 0.15) is 23.6 Å². The first kappa shape index (κ1) is 21.3. The van der Waals surface area contributed by atoms with Gasteiger partial charge in [-0.05, 0) is 36.2 Å². The van der Waals surface area contributed by atoms with Gasteiger partial charge < -0.3 is 15.4 Å². The molecule has 0 spiro atoms. The lowest BCUT2D eigenvalue weighted by atomic mass is 9.93. The number of aryl methyl sites for hydroxylation is 1. The number of benzene rings is 2. The molecular formula is C23H29FN6O2. The largest absolute Gasteiger partial charge is 0.492 e. The molecule has 5 N–H and O–H groups in total. The standard InChI is InChI=1S/C23H29FN6O2/c1-14-3-2-4-18(24)23(14)30-20(31)11-19-22(29-30)21(28-27-19)15-5-7-17(8-6-15)32-13-16-12-25-9-10-26-16/h2-8,16,19,21-22,25-29H,9-13H2,1H3. The molecule has 32 heavy (non-hydrogen) atoms. The molecule has 8 nitrogen and oxygen atoms in total. The molecule has 0 radical (unpaired) electrons. The lowest BCUT2D eigenvalue weighted by Gasteiger charge is -2.37. The molecule has 9 heteroatoms. The van der Waals surface area contributed by atoms with E-state index < -0.39 is 5.82 Å². The van der Waals surface area contributed by atoms with Crippen LogP contribution in [0.4, 0.5) is 10.1 Å². The number of halogens is 1. The molecule has 4 unspecified atom stereocenters. The quantitative estimate of drug-likeness (QED) is 0.472. The fourth-order valence-electron chi connectivity index (χ4n) is 4.64. The Morgan fingerprint density at radius 1 is 1.12 bits per heavy atom. The second-order valence-corrected chi connectivity index (χ2v) is 8.60. The molecule has 2 aromatic rings. The van der Waals surface area contributed by atoms with Gasteiger partial charge in [0, 0.05) is 32.1 Å². The highest BCUT2D eigenvalue weighted by atomic mass is 19.1. The molecule has 5 rings (SSSR count). The van der Waals surface area contributed by atoms with Gasteiger partial charge in [-0.2, -0.15) is 0 Å². The van der Waals surface area contributed by atoms with Crippen LogP contribution in [0.25, 0.3) is 0 Å². The van der Waals surface area contributed by atoms with Crippen molar-refractivity contribution in [2.24, 2.45) is 0 Å². The zero-order chi connectivity index (χ0) is 22.1. The van der Waals surface area contributed by atoms with Gasteiger partial charge in [0.05, 0.1) is 23.8 Å². The van der Waals surface area contributed by atoms with Gasteiger partial charge in [0.1, 0.15) is 18.2 Å². The number of hydrazine groups is 2. The summed E-state index contributed by atoms with van der Waals surface area (Å²) in [6.45, 7) is 5.26. The second kappa shape index (κ2) is 9.13. The third kappa shape index (κ3) is 4.22. The Balaban J connectivity index is 1.28. The van der Waals surface area contributed by atoms with E-state index in [4.69, 9.17) is 4.74 Å². The fourth-order valence-corrected chi connectivity index (χ4v) is 4.64. The van der Waals surface area contributed by atoms with Crippen molar-refractivity contribution in [2.45, 2.75) is 37.5 Å². The average Bonchev–Trinajstić information content (AvgIpc) is 3.21. The first-order chi connectivity index (χ1) is 15.6. The highest BCUT2D eigenvalue weighted by Crippen LogP contribution is 2.32. The smallest absolute Gasteiger partial charge is 0.243 e. The highest BCUT2D eigenvalue weighted by Gasteiger charge is 2.44. The topological polar surface area (TPSA) is 89.7 Å². The number of fused-ring (bicyclic) bond motifs is 1. The molecule has 3 aliphatic heterocycles. The van der Waals surface area contributed by atoms with Crippen LogP contribution in [0.2, 0.25) is 0 Å². The monoisotopic (exact) mass is 440 g/mol. The molecule has 1 amide bonds. The number of hydrogen-bond acceptors (Lipinski definition) is 7. The average molecular weight is 441 g/mol. The minimum atomic E-state index is -0.413. The summed E-state index contributed by atoms with van der Waals surface area (Å²) in [5.41, 5.74) is 11.8. The van der Waals surface area contributed by atoms with Crippen molar-refractivity contribution < 1.29 is 13.9 Å². The van der Waals surface area contributed by atoms with Gasteiger partial charge in [-0.3, -0.25) is 10.2 Å². The number of anilines is 1. The van der Waals surface area contributed by atoms with Crippen LogP contribution in [-0.4, -0.2) is 50.3 Å². The number of rotatable bonds is 5. The van der Waals surface area contributed by atoms with E-state index in [1.807, 2.05) is 24.3 Å². The van der Waals surface area contributed by atoms with Crippen LogP contribution < -0.4 is 36.7 Å². The minimum absolute atomic E-state index is 0.0825. The van der Waals surface area contributed by atoms with Gasteiger partial charge in [-0.1, -0.05) is 24.3 Å². The highest BCUT2D eigenvalue weighted by molar-refractivity contribution is 5.94. The predicted octanol–water partition coefficient (Wildman–Crippen LogP) is 0.902. The zero-order valence-electron chi connectivity index (χ0n) is 18.0. The van der Waals surface area contributed by atoms with Crippen molar-refractivity contribution in [3.05, 3.63) is 59.4 Å². The van der Waals surface area contributed by atoms with E-state index >= 15 is 0 Å². The third-order valence-corrected chi connectivity index (χ3v) is 6.37. The number of para-hydroxylation sites is 1. The van der Waals surface area contributed by atoms with Crippen molar-refractivity contribution in [3.8, 4) is 5.75 Å². The molecule has 2 aromatic carbocycles. The van der Waals surface area contributed by atoms with E-state index in [2.05, 4.69) is 26.9 Å². The number of nitrogens with zero attached hydrogens (tertiary/aromatic N) is 1. The van der Waals surface area contributed by atoms with E-state index in [1.54, 1.807) is 19.1 Å². The van der Waals surface area contributed by atoms with Crippen molar-refractivity contribution in [1.29, 1.82) is 0 Å². The number of nitrogens with one attached hydrogen (secondary N) is 5. The molecule has 3 heterocycles. The van der Waals surface area contributed by atoms with E-state index in [1.165, 1.54) is 11.1 Å². The van der Waals surface area contributed by atoms with Crippen LogP contribution in [-0.2, 0) is 4.79 Å². The summed E-state index contributed by atoms with van der Waals surface area (Å²) < 4.78 is 20.5. The number of hydrogen-bond donors (Lipinski definition) is 5. The third-order valence-electron chi connectivity index (χ3n) is 6.37. The summed E-state index contributed by atoms with van der Waals surface area (Å²) in [5, 5.41) is 8.16. The Labute approximate surface area is 186 Å². The molecule has 3 saturated heterocycles. The first-order valence-electron chi connectivity index (χ1n) is 11.1. The van der Waals surface area contributed by atoms with Gasteiger partial charge in [-0.15, -0.1) is 0 Å². The van der Waals surface area contributed by atoms with Crippen LogP contribution >= 0.6 is 0 Å². The maximum absolute atomic E-state index is 14.5. The van der Waals surface area contributed by atoms with Crippen LogP contribution in [0.15, 0.2) is 42.5 Å². The molecule has 4 atom stereocenters. The normalized spacial score (nSPS) is 27.9. The summed E-state index contributed by atoms with van der Waals surface area (Å²) in [5.74, 6) is 0.243. The summed E-state index contributed by atoms with van der Waals surface area (Å²) in [4.78, 5) is 12.7. The summed E-state index contributed by atoms with van der Waals surface area (Å²) in [6.07, 6.45) is 0.276. The number of amides is 1. The number of carbonyl (C=O) groups excluding carboxylic acids is 1. The van der Waals surface area contributed by atoms with Gasteiger partial charge in [0.15, 0.2) is 0 Å². The van der Waals surface area contributed by atoms with Crippen molar-refractivity contribution in [3.63, 3.8) is 0 Å². The summed E-state index contributed by atoms with van der Waals surface area (Å²) in [7, 11) is 0. The van der Waals surface area contributed by atoms with Crippen LogP contribution in [0.5, 0.6) is 5.75 Å². The van der Waals surface area contributed by atoms with E-state index in [0.717, 1.165) is 30.9 Å². The molecule has 0 bridgehead atoms. The Hall–Kier alpha value is -2.56. The fraction of sp³-hybridized carbons (Fsp3) is 0.435. The van der Waals surface area contributed by atoms with Gasteiger partial charge >= 0.3 is 0 Å². The van der Waals surface area contributed by atoms with Crippen molar-refractivity contribution >= 4 is 11.6 Å². The Bertz CT molecular complexity index is 945. The van der Waals surface area contributed by atoms with Crippen LogP contribution in [0.3, 0.4) is 0 Å². The number of carbonyl (C=O) groups is 1. The van der Waals surface area contributed by atoms with Gasteiger partial charge in [0.2, 0.25) is 5.91 Å². The summed E-state index contributed by atoms with van der Waals surface area (Å²) >= 11 is 0. The Kier molecular flexibility index (Phi) is 6.07. The number of piperazine rings is 1. The van der Waals surface area contributed by atoms with Gasteiger partial charge in [-0.25, -0.2) is 20.3 Å². The molecule has 0 aliphatic carbocycles. The summed E-state index contributed by atoms with van der Waals surface area (Å²) in [6, 6.07) is 12.8. The zero-order valence-corrected chi connectivity index (χ0v) is 18.0. The van der Waals surface area contributed by atoms with E-state index in [-0.39, 0.29) is 36.1 Å². The molecule has 0 aromatic heterocycles.